The van der Waals surface area contributed by atoms with E-state index in [4.69, 9.17) is 9.84 Å². The Morgan fingerprint density at radius 2 is 1.81 bits per heavy atom. The molecule has 0 bridgehead atoms. The monoisotopic (exact) mass is 298 g/mol. The van der Waals surface area contributed by atoms with Crippen molar-refractivity contribution in [2.45, 2.75) is 25.7 Å². The summed E-state index contributed by atoms with van der Waals surface area (Å²) < 4.78 is 5.35. The van der Waals surface area contributed by atoms with Crippen molar-refractivity contribution in [3.05, 3.63) is 0 Å². The molecule has 2 saturated heterocycles. The molecular weight excluding hydrogens is 272 g/mol. The first-order valence-corrected chi connectivity index (χ1v) is 7.83. The van der Waals surface area contributed by atoms with E-state index in [2.05, 4.69) is 4.90 Å². The second kappa shape index (κ2) is 7.75. The quantitative estimate of drug-likeness (QED) is 0.808. The minimum absolute atomic E-state index is 0.119. The summed E-state index contributed by atoms with van der Waals surface area (Å²) in [6.07, 6.45) is 3.29. The van der Waals surface area contributed by atoms with Gasteiger partial charge in [-0.2, -0.15) is 0 Å². The van der Waals surface area contributed by atoms with Crippen LogP contribution in [0, 0.1) is 11.8 Å². The predicted octanol–water partition coefficient (Wildman–Crippen LogP) is 0.668. The number of piperidine rings is 1. The van der Waals surface area contributed by atoms with E-state index in [-0.39, 0.29) is 11.8 Å². The molecule has 6 nitrogen and oxygen atoms in total. The Balaban J connectivity index is 1.70. The lowest BCUT2D eigenvalue weighted by molar-refractivity contribution is -0.145. The van der Waals surface area contributed by atoms with E-state index in [1.165, 1.54) is 0 Å². The van der Waals surface area contributed by atoms with Crippen LogP contribution in [0.2, 0.25) is 0 Å². The fourth-order valence-electron chi connectivity index (χ4n) is 3.14. The molecule has 1 amide bonds. The number of carbonyl (C=O) groups is 2. The molecule has 6 heteroatoms. The highest BCUT2D eigenvalue weighted by molar-refractivity contribution is 5.78. The zero-order chi connectivity index (χ0) is 15.2. The second-order valence-corrected chi connectivity index (χ2v) is 6.25. The first-order chi connectivity index (χ1) is 10.1. The summed E-state index contributed by atoms with van der Waals surface area (Å²) in [6.45, 7) is 4.15. The molecule has 2 heterocycles. The minimum atomic E-state index is -0.737. The molecule has 2 rings (SSSR count). The van der Waals surface area contributed by atoms with Gasteiger partial charge >= 0.3 is 5.97 Å². The third kappa shape index (κ3) is 4.97. The molecule has 2 aliphatic heterocycles. The van der Waals surface area contributed by atoms with Gasteiger partial charge in [-0.3, -0.25) is 14.5 Å². The number of aliphatic carboxylic acids is 1. The van der Waals surface area contributed by atoms with Gasteiger partial charge in [0.15, 0.2) is 0 Å². The van der Waals surface area contributed by atoms with Crippen LogP contribution < -0.4 is 0 Å². The van der Waals surface area contributed by atoms with Crippen LogP contribution in [-0.2, 0) is 14.3 Å². The Morgan fingerprint density at radius 1 is 1.19 bits per heavy atom. The van der Waals surface area contributed by atoms with E-state index in [1.807, 2.05) is 7.05 Å². The molecule has 0 aromatic rings. The van der Waals surface area contributed by atoms with Crippen LogP contribution in [-0.4, -0.2) is 73.2 Å². The minimum Gasteiger partial charge on any atom is -0.481 e. The van der Waals surface area contributed by atoms with Crippen molar-refractivity contribution in [1.82, 2.24) is 9.80 Å². The molecular formula is C15H26N2O4. The average molecular weight is 298 g/mol. The van der Waals surface area contributed by atoms with Gasteiger partial charge in [-0.25, -0.2) is 0 Å². The van der Waals surface area contributed by atoms with E-state index in [9.17, 15) is 9.59 Å². The number of likely N-dealkylation sites (tertiary alicyclic amines) is 1. The highest BCUT2D eigenvalue weighted by atomic mass is 16.5. The smallest absolute Gasteiger partial charge is 0.306 e. The van der Waals surface area contributed by atoms with Gasteiger partial charge in [0, 0.05) is 32.8 Å². The van der Waals surface area contributed by atoms with Crippen molar-refractivity contribution in [2.75, 3.05) is 46.4 Å². The summed E-state index contributed by atoms with van der Waals surface area (Å²) in [5, 5.41) is 8.97. The number of hydrogen-bond acceptors (Lipinski definition) is 4. The first-order valence-electron chi connectivity index (χ1n) is 7.83. The topological polar surface area (TPSA) is 70.1 Å². The SMILES string of the molecule is CN(CC(=O)N1CCC(C(=O)O)CC1)CC1CCOCC1. The summed E-state index contributed by atoms with van der Waals surface area (Å²) >= 11 is 0. The lowest BCUT2D eigenvalue weighted by Crippen LogP contribution is -2.45. The molecule has 2 fully saturated rings. The molecule has 21 heavy (non-hydrogen) atoms. The van der Waals surface area contributed by atoms with Crippen molar-refractivity contribution < 1.29 is 19.4 Å². The van der Waals surface area contributed by atoms with Crippen LogP contribution >= 0.6 is 0 Å². The average Bonchev–Trinajstić information content (AvgIpc) is 2.48. The zero-order valence-corrected chi connectivity index (χ0v) is 12.8. The van der Waals surface area contributed by atoms with E-state index >= 15 is 0 Å². The fraction of sp³-hybridized carbons (Fsp3) is 0.867. The number of rotatable bonds is 5. The lowest BCUT2D eigenvalue weighted by atomic mass is 9.97. The number of carboxylic acids is 1. The van der Waals surface area contributed by atoms with Crippen molar-refractivity contribution in [3.63, 3.8) is 0 Å². The number of nitrogens with zero attached hydrogens (tertiary/aromatic N) is 2. The van der Waals surface area contributed by atoms with Gasteiger partial charge in [-0.05, 0) is 38.6 Å². The highest BCUT2D eigenvalue weighted by Gasteiger charge is 2.27. The van der Waals surface area contributed by atoms with Crippen molar-refractivity contribution in [2.24, 2.45) is 11.8 Å². The second-order valence-electron chi connectivity index (χ2n) is 6.25. The maximum Gasteiger partial charge on any atom is 0.306 e. The van der Waals surface area contributed by atoms with E-state index in [1.54, 1.807) is 4.90 Å². The summed E-state index contributed by atoms with van der Waals surface area (Å²) in [6, 6.07) is 0. The van der Waals surface area contributed by atoms with Crippen molar-refractivity contribution in [3.8, 4) is 0 Å². The fourth-order valence-corrected chi connectivity index (χ4v) is 3.14. The molecule has 0 atom stereocenters. The molecule has 0 radical (unpaired) electrons. The van der Waals surface area contributed by atoms with Gasteiger partial charge in [0.2, 0.25) is 5.91 Å². The molecule has 0 aromatic heterocycles. The molecule has 0 unspecified atom stereocenters. The molecule has 120 valence electrons. The zero-order valence-electron chi connectivity index (χ0n) is 12.8. The van der Waals surface area contributed by atoms with Crippen LogP contribution in [0.4, 0.5) is 0 Å². The predicted molar refractivity (Wildman–Crippen MR) is 78.0 cm³/mol. The molecule has 0 aromatic carbocycles. The van der Waals surface area contributed by atoms with Crippen LogP contribution in [0.5, 0.6) is 0 Å². The molecule has 0 spiro atoms. The Bertz CT molecular complexity index is 361. The third-order valence-corrected chi connectivity index (χ3v) is 4.51. The summed E-state index contributed by atoms with van der Waals surface area (Å²) in [5.41, 5.74) is 0. The Morgan fingerprint density at radius 3 is 2.38 bits per heavy atom. The van der Waals surface area contributed by atoms with E-state index in [0.717, 1.165) is 32.6 Å². The van der Waals surface area contributed by atoms with Crippen molar-refractivity contribution >= 4 is 11.9 Å². The van der Waals surface area contributed by atoms with E-state index in [0.29, 0.717) is 38.4 Å². The van der Waals surface area contributed by atoms with Crippen LogP contribution in [0.25, 0.3) is 0 Å². The molecule has 2 aliphatic rings. The largest absolute Gasteiger partial charge is 0.481 e. The number of carboxylic acid groups (broad SMARTS) is 1. The maximum atomic E-state index is 12.2. The number of amides is 1. The van der Waals surface area contributed by atoms with Crippen LogP contribution in [0.1, 0.15) is 25.7 Å². The lowest BCUT2D eigenvalue weighted by Gasteiger charge is -2.32. The van der Waals surface area contributed by atoms with Gasteiger partial charge < -0.3 is 14.7 Å². The number of hydrogen-bond donors (Lipinski definition) is 1. The normalized spacial score (nSPS) is 21.7. The summed E-state index contributed by atoms with van der Waals surface area (Å²) in [5.74, 6) is -0.282. The molecule has 0 aliphatic carbocycles. The Hall–Kier alpha value is -1.14. The third-order valence-electron chi connectivity index (χ3n) is 4.51. The number of carbonyl (C=O) groups excluding carboxylic acids is 1. The van der Waals surface area contributed by atoms with Crippen molar-refractivity contribution in [1.29, 1.82) is 0 Å². The van der Waals surface area contributed by atoms with Crippen LogP contribution in [0.15, 0.2) is 0 Å². The number of likely N-dealkylation sites (N-methyl/N-ethyl adjacent to an activating group) is 1. The Kier molecular flexibility index (Phi) is 5.99. The molecule has 1 N–H and O–H groups in total. The maximum absolute atomic E-state index is 12.2. The van der Waals surface area contributed by atoms with Crippen LogP contribution in [0.3, 0.4) is 0 Å². The number of ether oxygens (including phenoxy) is 1. The first kappa shape index (κ1) is 16.2. The molecule has 0 saturated carbocycles. The van der Waals surface area contributed by atoms with Gasteiger partial charge in [-0.1, -0.05) is 0 Å². The standard InChI is InChI=1S/C15H26N2O4/c1-16(10-12-4-8-21-9-5-12)11-14(18)17-6-2-13(3-7-17)15(19)20/h12-13H,2-11H2,1H3,(H,19,20). The summed E-state index contributed by atoms with van der Waals surface area (Å²) in [7, 11) is 1.98. The Labute approximate surface area is 126 Å². The summed E-state index contributed by atoms with van der Waals surface area (Å²) in [4.78, 5) is 27.0. The van der Waals surface area contributed by atoms with Gasteiger partial charge in [0.25, 0.3) is 0 Å². The van der Waals surface area contributed by atoms with Gasteiger partial charge in [0.1, 0.15) is 0 Å². The highest BCUT2D eigenvalue weighted by Crippen LogP contribution is 2.18. The van der Waals surface area contributed by atoms with Gasteiger partial charge in [0.05, 0.1) is 12.5 Å². The van der Waals surface area contributed by atoms with E-state index < -0.39 is 5.97 Å². The van der Waals surface area contributed by atoms with Gasteiger partial charge in [-0.15, -0.1) is 0 Å².